The van der Waals surface area contributed by atoms with Crippen molar-refractivity contribution in [2.45, 2.75) is 45.6 Å². The molecule has 106 valence electrons. The summed E-state index contributed by atoms with van der Waals surface area (Å²) in [6.07, 6.45) is 6.90. The SMILES string of the molecule is C#CC(C)(C)NC(=O)N1CCC(CC)(C(=O)O)CC1. The molecule has 0 atom stereocenters. The minimum absolute atomic E-state index is 0.224. The van der Waals surface area contributed by atoms with Crippen LogP contribution in [0.1, 0.15) is 40.0 Å². The van der Waals surface area contributed by atoms with E-state index in [1.165, 1.54) is 0 Å². The number of urea groups is 1. The Hall–Kier alpha value is -1.70. The number of likely N-dealkylation sites (tertiary alicyclic amines) is 1. The minimum atomic E-state index is -0.765. The summed E-state index contributed by atoms with van der Waals surface area (Å²) < 4.78 is 0. The number of piperidine rings is 1. The highest BCUT2D eigenvalue weighted by Crippen LogP contribution is 2.35. The van der Waals surface area contributed by atoms with Crippen LogP contribution in [0.2, 0.25) is 0 Å². The molecule has 2 amide bonds. The fraction of sp³-hybridized carbons (Fsp3) is 0.714. The van der Waals surface area contributed by atoms with Crippen molar-refractivity contribution in [3.63, 3.8) is 0 Å². The van der Waals surface area contributed by atoms with Gasteiger partial charge in [0.1, 0.15) is 0 Å². The molecule has 0 bridgehead atoms. The lowest BCUT2D eigenvalue weighted by Gasteiger charge is -2.39. The van der Waals surface area contributed by atoms with Gasteiger partial charge in [-0.1, -0.05) is 12.8 Å². The van der Waals surface area contributed by atoms with Crippen molar-refractivity contribution in [2.75, 3.05) is 13.1 Å². The van der Waals surface area contributed by atoms with E-state index in [0.717, 1.165) is 0 Å². The molecule has 0 saturated carbocycles. The van der Waals surface area contributed by atoms with Crippen molar-refractivity contribution in [1.29, 1.82) is 0 Å². The summed E-state index contributed by atoms with van der Waals surface area (Å²) in [5.41, 5.74) is -1.37. The quantitative estimate of drug-likeness (QED) is 0.764. The Morgan fingerprint density at radius 2 is 1.95 bits per heavy atom. The van der Waals surface area contributed by atoms with Crippen LogP contribution in [-0.2, 0) is 4.79 Å². The Morgan fingerprint density at radius 1 is 1.42 bits per heavy atom. The van der Waals surface area contributed by atoms with Crippen LogP contribution in [0, 0.1) is 17.8 Å². The predicted molar refractivity (Wildman–Crippen MR) is 72.6 cm³/mol. The van der Waals surface area contributed by atoms with E-state index in [9.17, 15) is 14.7 Å². The number of terminal acetylenes is 1. The number of carboxylic acid groups (broad SMARTS) is 1. The van der Waals surface area contributed by atoms with Gasteiger partial charge in [0.2, 0.25) is 0 Å². The Labute approximate surface area is 114 Å². The summed E-state index contributed by atoms with van der Waals surface area (Å²) in [4.78, 5) is 25.0. The lowest BCUT2D eigenvalue weighted by Crippen LogP contribution is -2.53. The molecule has 0 aliphatic carbocycles. The molecular formula is C14H22N2O3. The number of nitrogens with zero attached hydrogens (tertiary/aromatic N) is 1. The van der Waals surface area contributed by atoms with E-state index in [1.54, 1.807) is 18.7 Å². The standard InChI is InChI=1S/C14H22N2O3/c1-5-13(3,4)15-12(19)16-9-7-14(6-2,8-10-16)11(17)18/h1H,6-10H2,2-4H3,(H,15,19)(H,17,18). The van der Waals surface area contributed by atoms with E-state index in [4.69, 9.17) is 6.42 Å². The fourth-order valence-electron chi connectivity index (χ4n) is 2.24. The molecule has 2 N–H and O–H groups in total. The molecule has 1 fully saturated rings. The molecule has 1 aliphatic rings. The lowest BCUT2D eigenvalue weighted by molar-refractivity contribution is -0.151. The van der Waals surface area contributed by atoms with Gasteiger partial charge in [0.05, 0.1) is 11.0 Å². The van der Waals surface area contributed by atoms with Gasteiger partial charge in [-0.2, -0.15) is 0 Å². The third kappa shape index (κ3) is 3.40. The minimum Gasteiger partial charge on any atom is -0.481 e. The number of carbonyl (C=O) groups is 2. The van der Waals surface area contributed by atoms with E-state index in [1.807, 2.05) is 6.92 Å². The molecule has 1 saturated heterocycles. The lowest BCUT2D eigenvalue weighted by atomic mass is 9.76. The van der Waals surface area contributed by atoms with Crippen molar-refractivity contribution in [3.8, 4) is 12.3 Å². The molecule has 5 heteroatoms. The van der Waals surface area contributed by atoms with Crippen molar-refractivity contribution >= 4 is 12.0 Å². The van der Waals surface area contributed by atoms with Crippen molar-refractivity contribution < 1.29 is 14.7 Å². The van der Waals surface area contributed by atoms with Crippen LogP contribution >= 0.6 is 0 Å². The van der Waals surface area contributed by atoms with Gasteiger partial charge >= 0.3 is 12.0 Å². The number of carboxylic acids is 1. The number of amides is 2. The maximum atomic E-state index is 12.0. The summed E-state index contributed by atoms with van der Waals surface area (Å²) in [6.45, 7) is 6.29. The number of carbonyl (C=O) groups excluding carboxylic acids is 1. The summed E-state index contributed by atoms with van der Waals surface area (Å²) in [6, 6.07) is -0.224. The highest BCUT2D eigenvalue weighted by molar-refractivity contribution is 5.77. The average Bonchev–Trinajstić information content (AvgIpc) is 2.38. The van der Waals surface area contributed by atoms with E-state index >= 15 is 0 Å². The topological polar surface area (TPSA) is 69.6 Å². The van der Waals surface area contributed by atoms with Crippen molar-refractivity contribution in [2.24, 2.45) is 5.41 Å². The maximum absolute atomic E-state index is 12.0. The van der Waals surface area contributed by atoms with Crippen LogP contribution in [0.5, 0.6) is 0 Å². The molecule has 1 aliphatic heterocycles. The van der Waals surface area contributed by atoms with E-state index < -0.39 is 16.9 Å². The van der Waals surface area contributed by atoms with Gasteiger partial charge in [0.15, 0.2) is 0 Å². The van der Waals surface area contributed by atoms with Gasteiger partial charge in [0.25, 0.3) is 0 Å². The molecule has 19 heavy (non-hydrogen) atoms. The predicted octanol–water partition coefficient (Wildman–Crippen LogP) is 1.68. The zero-order valence-electron chi connectivity index (χ0n) is 11.8. The second-order valence-electron chi connectivity index (χ2n) is 5.63. The first-order chi connectivity index (χ1) is 8.76. The van der Waals surface area contributed by atoms with Crippen LogP contribution in [0.25, 0.3) is 0 Å². The van der Waals surface area contributed by atoms with Gasteiger partial charge in [-0.15, -0.1) is 6.42 Å². The summed E-state index contributed by atoms with van der Waals surface area (Å²) in [5.74, 6) is 1.74. The van der Waals surface area contributed by atoms with E-state index in [-0.39, 0.29) is 6.03 Å². The zero-order valence-corrected chi connectivity index (χ0v) is 11.8. The molecule has 0 aromatic rings. The number of nitrogens with one attached hydrogen (secondary N) is 1. The number of rotatable bonds is 3. The van der Waals surface area contributed by atoms with Crippen molar-refractivity contribution in [3.05, 3.63) is 0 Å². The number of hydrogen-bond acceptors (Lipinski definition) is 2. The average molecular weight is 266 g/mol. The highest BCUT2D eigenvalue weighted by atomic mass is 16.4. The highest BCUT2D eigenvalue weighted by Gasteiger charge is 2.41. The summed E-state index contributed by atoms with van der Waals surface area (Å²) in [7, 11) is 0. The molecule has 1 rings (SSSR count). The first-order valence-corrected chi connectivity index (χ1v) is 6.54. The molecular weight excluding hydrogens is 244 g/mol. The van der Waals surface area contributed by atoms with Crippen LogP contribution in [0.3, 0.4) is 0 Å². The summed E-state index contributed by atoms with van der Waals surface area (Å²) in [5, 5.41) is 12.0. The third-order valence-electron chi connectivity index (χ3n) is 3.92. The molecule has 0 unspecified atom stereocenters. The monoisotopic (exact) mass is 266 g/mol. The normalized spacial score (nSPS) is 18.5. The first-order valence-electron chi connectivity index (χ1n) is 6.54. The maximum Gasteiger partial charge on any atom is 0.318 e. The van der Waals surface area contributed by atoms with E-state index in [0.29, 0.717) is 32.4 Å². The molecule has 1 heterocycles. The Balaban J connectivity index is 2.62. The Morgan fingerprint density at radius 3 is 2.32 bits per heavy atom. The number of aliphatic carboxylic acids is 1. The van der Waals surface area contributed by atoms with E-state index in [2.05, 4.69) is 11.2 Å². The van der Waals surface area contributed by atoms with Gasteiger partial charge in [-0.3, -0.25) is 4.79 Å². The molecule has 0 spiro atoms. The molecule has 0 aromatic heterocycles. The van der Waals surface area contributed by atoms with Gasteiger partial charge in [-0.05, 0) is 33.1 Å². The van der Waals surface area contributed by atoms with Crippen molar-refractivity contribution in [1.82, 2.24) is 10.2 Å². The smallest absolute Gasteiger partial charge is 0.318 e. The largest absolute Gasteiger partial charge is 0.481 e. The summed E-state index contributed by atoms with van der Waals surface area (Å²) >= 11 is 0. The fourth-order valence-corrected chi connectivity index (χ4v) is 2.24. The second kappa shape index (κ2) is 5.52. The molecule has 0 radical (unpaired) electrons. The zero-order chi connectivity index (χ0) is 14.7. The molecule has 5 nitrogen and oxygen atoms in total. The van der Waals surface area contributed by atoms with Gasteiger partial charge in [0, 0.05) is 13.1 Å². The van der Waals surface area contributed by atoms with Crippen LogP contribution in [-0.4, -0.2) is 40.6 Å². The number of hydrogen-bond donors (Lipinski definition) is 2. The van der Waals surface area contributed by atoms with Gasteiger partial charge in [-0.25, -0.2) is 4.79 Å². The molecule has 0 aromatic carbocycles. The van der Waals surface area contributed by atoms with Crippen LogP contribution in [0.4, 0.5) is 4.79 Å². The first kappa shape index (κ1) is 15.4. The van der Waals surface area contributed by atoms with Crippen LogP contribution < -0.4 is 5.32 Å². The second-order valence-corrected chi connectivity index (χ2v) is 5.63. The van der Waals surface area contributed by atoms with Crippen LogP contribution in [0.15, 0.2) is 0 Å². The van der Waals surface area contributed by atoms with Gasteiger partial charge < -0.3 is 15.3 Å². The Kier molecular flexibility index (Phi) is 4.46. The Bertz CT molecular complexity index is 401. The third-order valence-corrected chi connectivity index (χ3v) is 3.92.